The van der Waals surface area contributed by atoms with Crippen LogP contribution in [0.15, 0.2) is 34.9 Å². The number of nitrogens with one attached hydrogen (secondary N) is 1. The van der Waals surface area contributed by atoms with Crippen molar-refractivity contribution in [2.45, 2.75) is 59.3 Å². The lowest BCUT2D eigenvalue weighted by Crippen LogP contribution is -2.32. The van der Waals surface area contributed by atoms with E-state index in [0.717, 1.165) is 42.8 Å². The molecule has 0 saturated heterocycles. The number of carbonyl (C=O) groups excluding carboxylic acids is 1. The minimum Gasteiger partial charge on any atom is -0.352 e. The van der Waals surface area contributed by atoms with E-state index in [2.05, 4.69) is 36.2 Å². The third-order valence-corrected chi connectivity index (χ3v) is 5.81. The number of hydrogen-bond donors (Lipinski definition) is 1. The fourth-order valence-corrected chi connectivity index (χ4v) is 3.78. The molecule has 0 radical (unpaired) electrons. The van der Waals surface area contributed by atoms with Crippen molar-refractivity contribution in [1.29, 1.82) is 0 Å². The minimum absolute atomic E-state index is 0.0377. The van der Waals surface area contributed by atoms with Crippen molar-refractivity contribution in [3.05, 3.63) is 41.7 Å². The minimum atomic E-state index is -0.0377. The Morgan fingerprint density at radius 1 is 1.32 bits per heavy atom. The van der Waals surface area contributed by atoms with Crippen LogP contribution in [0.1, 0.15) is 64.3 Å². The van der Waals surface area contributed by atoms with E-state index in [1.165, 1.54) is 19.3 Å². The Morgan fingerprint density at radius 3 is 2.79 bits per heavy atom. The molecule has 150 valence electrons. The van der Waals surface area contributed by atoms with Crippen LogP contribution in [0.2, 0.25) is 0 Å². The molecule has 0 aliphatic heterocycles. The highest BCUT2D eigenvalue weighted by atomic mass is 16.5. The topological polar surface area (TPSA) is 68.0 Å². The number of carbonyl (C=O) groups is 1. The molecule has 1 N–H and O–H groups in total. The van der Waals surface area contributed by atoms with E-state index in [1.807, 2.05) is 30.3 Å². The number of amides is 1. The zero-order valence-corrected chi connectivity index (χ0v) is 17.2. The summed E-state index contributed by atoms with van der Waals surface area (Å²) < 4.78 is 5.34. The first kappa shape index (κ1) is 20.3. The second-order valence-corrected chi connectivity index (χ2v) is 8.40. The van der Waals surface area contributed by atoms with Crippen LogP contribution >= 0.6 is 0 Å². The maximum absolute atomic E-state index is 12.1. The predicted molar refractivity (Wildman–Crippen MR) is 112 cm³/mol. The maximum atomic E-state index is 12.1. The summed E-state index contributed by atoms with van der Waals surface area (Å²) in [5, 5.41) is 7.07. The highest BCUT2D eigenvalue weighted by Gasteiger charge is 2.34. The van der Waals surface area contributed by atoms with E-state index in [4.69, 9.17) is 4.52 Å². The van der Waals surface area contributed by atoms with Gasteiger partial charge in [0.2, 0.25) is 5.91 Å². The molecular formula is C23H31N3O2. The SMILES string of the molecule is CCCCc1noc(-c2ccc(C=CC(=O)NCC3CCCC3(C)C)cc2)n1. The fraction of sp³-hybridized carbons (Fsp3) is 0.522. The predicted octanol–water partition coefficient (Wildman–Crippen LogP) is 5.03. The van der Waals surface area contributed by atoms with E-state index in [9.17, 15) is 4.79 Å². The molecular weight excluding hydrogens is 350 g/mol. The molecule has 1 amide bonds. The van der Waals surface area contributed by atoms with E-state index in [1.54, 1.807) is 6.08 Å². The van der Waals surface area contributed by atoms with Gasteiger partial charge >= 0.3 is 0 Å². The molecule has 0 spiro atoms. The molecule has 5 heteroatoms. The number of unbranched alkanes of at least 4 members (excludes halogenated alkanes) is 1. The van der Waals surface area contributed by atoms with Crippen LogP contribution in [0.5, 0.6) is 0 Å². The highest BCUT2D eigenvalue weighted by molar-refractivity contribution is 5.91. The lowest BCUT2D eigenvalue weighted by molar-refractivity contribution is -0.116. The van der Waals surface area contributed by atoms with Gasteiger partial charge in [-0.1, -0.05) is 50.9 Å². The van der Waals surface area contributed by atoms with Crippen molar-refractivity contribution < 1.29 is 9.32 Å². The van der Waals surface area contributed by atoms with Gasteiger partial charge in [0.05, 0.1) is 0 Å². The Morgan fingerprint density at radius 2 is 2.11 bits per heavy atom. The monoisotopic (exact) mass is 381 g/mol. The summed E-state index contributed by atoms with van der Waals surface area (Å²) in [6.45, 7) is 7.49. The van der Waals surface area contributed by atoms with Crippen LogP contribution < -0.4 is 5.32 Å². The van der Waals surface area contributed by atoms with Gasteiger partial charge in [0, 0.05) is 24.6 Å². The quantitative estimate of drug-likeness (QED) is 0.651. The summed E-state index contributed by atoms with van der Waals surface area (Å²) in [5.41, 5.74) is 2.18. The maximum Gasteiger partial charge on any atom is 0.257 e. The Hall–Kier alpha value is -2.43. The van der Waals surface area contributed by atoms with Crippen molar-refractivity contribution in [3.8, 4) is 11.5 Å². The molecule has 1 saturated carbocycles. The zero-order valence-electron chi connectivity index (χ0n) is 17.2. The molecule has 1 aromatic heterocycles. The molecule has 3 rings (SSSR count). The molecule has 0 bridgehead atoms. The van der Waals surface area contributed by atoms with Gasteiger partial charge in [-0.05, 0) is 54.4 Å². The van der Waals surface area contributed by atoms with Crippen molar-refractivity contribution >= 4 is 12.0 Å². The summed E-state index contributed by atoms with van der Waals surface area (Å²) in [4.78, 5) is 16.6. The van der Waals surface area contributed by atoms with Gasteiger partial charge in [-0.2, -0.15) is 4.98 Å². The smallest absolute Gasteiger partial charge is 0.257 e. The van der Waals surface area contributed by atoms with Crippen LogP contribution in [-0.4, -0.2) is 22.6 Å². The van der Waals surface area contributed by atoms with Gasteiger partial charge in [-0.25, -0.2) is 0 Å². The van der Waals surface area contributed by atoms with Gasteiger partial charge in [0.15, 0.2) is 5.82 Å². The van der Waals surface area contributed by atoms with Crippen molar-refractivity contribution in [2.75, 3.05) is 6.54 Å². The van der Waals surface area contributed by atoms with Crippen LogP contribution in [-0.2, 0) is 11.2 Å². The number of aryl methyl sites for hydroxylation is 1. The second-order valence-electron chi connectivity index (χ2n) is 8.40. The lowest BCUT2D eigenvalue weighted by atomic mass is 9.82. The lowest BCUT2D eigenvalue weighted by Gasteiger charge is -2.26. The summed E-state index contributed by atoms with van der Waals surface area (Å²) >= 11 is 0. The number of rotatable bonds is 8. The summed E-state index contributed by atoms with van der Waals surface area (Å²) in [5.74, 6) is 1.83. The molecule has 1 heterocycles. The Bertz CT molecular complexity index is 806. The van der Waals surface area contributed by atoms with Gasteiger partial charge in [0.25, 0.3) is 5.89 Å². The van der Waals surface area contributed by atoms with Gasteiger partial charge in [-0.3, -0.25) is 4.79 Å². The fourth-order valence-electron chi connectivity index (χ4n) is 3.78. The van der Waals surface area contributed by atoms with Crippen molar-refractivity contribution in [3.63, 3.8) is 0 Å². The molecule has 2 aromatic rings. The average molecular weight is 382 g/mol. The number of hydrogen-bond acceptors (Lipinski definition) is 4. The summed E-state index contributed by atoms with van der Waals surface area (Å²) in [7, 11) is 0. The van der Waals surface area contributed by atoms with E-state index in [0.29, 0.717) is 17.2 Å². The summed E-state index contributed by atoms with van der Waals surface area (Å²) in [6, 6.07) is 7.79. The van der Waals surface area contributed by atoms with E-state index in [-0.39, 0.29) is 5.91 Å². The first-order chi connectivity index (χ1) is 13.5. The van der Waals surface area contributed by atoms with Crippen molar-refractivity contribution in [2.24, 2.45) is 11.3 Å². The number of benzene rings is 1. The largest absolute Gasteiger partial charge is 0.352 e. The molecule has 28 heavy (non-hydrogen) atoms. The molecule has 1 fully saturated rings. The number of nitrogens with zero attached hydrogens (tertiary/aromatic N) is 2. The molecule has 5 nitrogen and oxygen atoms in total. The van der Waals surface area contributed by atoms with Crippen LogP contribution in [0.3, 0.4) is 0 Å². The standard InChI is InChI=1S/C23H31N3O2/c1-4-5-8-20-25-22(28-26-20)18-12-9-17(10-13-18)11-14-21(27)24-16-19-7-6-15-23(19,2)3/h9-14,19H,4-8,15-16H2,1-3H3,(H,24,27). The summed E-state index contributed by atoms with van der Waals surface area (Å²) in [6.07, 6.45) is 10.2. The van der Waals surface area contributed by atoms with Gasteiger partial charge in [-0.15, -0.1) is 0 Å². The molecule has 1 aliphatic rings. The first-order valence-corrected chi connectivity index (χ1v) is 10.4. The third kappa shape index (κ3) is 5.31. The Labute approximate surface area is 167 Å². The first-order valence-electron chi connectivity index (χ1n) is 10.4. The third-order valence-electron chi connectivity index (χ3n) is 5.81. The Balaban J connectivity index is 1.52. The normalized spacial score (nSPS) is 18.6. The zero-order chi connectivity index (χ0) is 20.0. The average Bonchev–Trinajstić information content (AvgIpc) is 3.29. The van der Waals surface area contributed by atoms with Crippen LogP contribution in [0.25, 0.3) is 17.5 Å². The van der Waals surface area contributed by atoms with Gasteiger partial charge < -0.3 is 9.84 Å². The molecule has 1 unspecified atom stereocenters. The van der Waals surface area contributed by atoms with E-state index < -0.39 is 0 Å². The van der Waals surface area contributed by atoms with Crippen molar-refractivity contribution in [1.82, 2.24) is 15.5 Å². The Kier molecular flexibility index (Phi) is 6.65. The number of aromatic nitrogens is 2. The van der Waals surface area contributed by atoms with E-state index >= 15 is 0 Å². The highest BCUT2D eigenvalue weighted by Crippen LogP contribution is 2.41. The van der Waals surface area contributed by atoms with Gasteiger partial charge in [0.1, 0.15) is 0 Å². The van der Waals surface area contributed by atoms with Crippen LogP contribution in [0.4, 0.5) is 0 Å². The second kappa shape index (κ2) is 9.18. The van der Waals surface area contributed by atoms with Crippen LogP contribution in [0, 0.1) is 11.3 Å². The molecule has 1 atom stereocenters. The molecule has 1 aromatic carbocycles. The molecule has 1 aliphatic carbocycles.